The predicted molar refractivity (Wildman–Crippen MR) is 75.2 cm³/mol. The van der Waals surface area contributed by atoms with Crippen LogP contribution in [0.2, 0.25) is 0 Å². The van der Waals surface area contributed by atoms with Crippen molar-refractivity contribution in [2.24, 2.45) is 0 Å². The van der Waals surface area contributed by atoms with Gasteiger partial charge in [0.1, 0.15) is 0 Å². The van der Waals surface area contributed by atoms with Gasteiger partial charge < -0.3 is 0 Å². The molecule has 0 aliphatic rings. The molecule has 0 saturated carbocycles. The Kier molecular flexibility index (Phi) is 8.25. The third-order valence-electron chi connectivity index (χ3n) is 1.64. The van der Waals surface area contributed by atoms with Gasteiger partial charge in [0.2, 0.25) is 0 Å². The third-order valence-corrected chi connectivity index (χ3v) is 7.20. The molecule has 0 fully saturated rings. The Hall–Kier alpha value is 1.30. The second-order valence-corrected chi connectivity index (χ2v) is 6.31. The molecule has 0 amide bonds. The molecule has 0 atom stereocenters. The van der Waals surface area contributed by atoms with E-state index in [4.69, 9.17) is 0 Å². The minimum absolute atomic E-state index is 0.635. The molecule has 0 aliphatic heterocycles. The summed E-state index contributed by atoms with van der Waals surface area (Å²) in [4.78, 5) is 0. The number of rotatable bonds is 1. The maximum absolute atomic E-state index is 2.36. The maximum atomic E-state index is 2.36. The molecule has 0 aromatic carbocycles. The van der Waals surface area contributed by atoms with E-state index in [0.717, 1.165) is 0 Å². The minimum atomic E-state index is 0.635. The van der Waals surface area contributed by atoms with E-state index in [9.17, 15) is 0 Å². The molecule has 1 aromatic heterocycles. The summed E-state index contributed by atoms with van der Waals surface area (Å²) in [6.07, 6.45) is 0. The predicted octanol–water partition coefficient (Wildman–Crippen LogP) is 4.52. The fraction of sp³-hybridized carbons (Fsp3) is 0.500. The third kappa shape index (κ3) is 4.05. The van der Waals surface area contributed by atoms with Gasteiger partial charge in [0.05, 0.1) is 0 Å². The number of halogens is 2. The van der Waals surface area contributed by atoms with Crippen LogP contribution in [0, 0.1) is 7.37 Å². The first-order chi connectivity index (χ1) is 6.54. The second kappa shape index (κ2) is 7.55. The first-order valence-corrected chi connectivity index (χ1v) is 8.12. The van der Waals surface area contributed by atoms with Gasteiger partial charge in [0, 0.05) is 0 Å². The summed E-state index contributed by atoms with van der Waals surface area (Å²) in [5.41, 5.74) is 1.47. The molecule has 4 heteroatoms. The van der Waals surface area contributed by atoms with E-state index in [1.165, 1.54) is 12.9 Å². The molecule has 0 spiro atoms. The number of hydrogen-bond acceptors (Lipinski definition) is 0. The fourth-order valence-corrected chi connectivity index (χ4v) is 3.90. The van der Waals surface area contributed by atoms with Crippen LogP contribution in [0.3, 0.4) is 0 Å². The van der Waals surface area contributed by atoms with Gasteiger partial charge in [0.25, 0.3) is 0 Å². The quantitative estimate of drug-likeness (QED) is 0.337. The van der Waals surface area contributed by atoms with Crippen LogP contribution < -0.4 is 0 Å². The van der Waals surface area contributed by atoms with Crippen molar-refractivity contribution in [2.45, 2.75) is 33.6 Å². The molecule has 80 valence electrons. The monoisotopic (exact) mass is 587 g/mol. The Morgan fingerprint density at radius 2 is 1.79 bits per heavy atom. The van der Waals surface area contributed by atoms with Crippen LogP contribution in [-0.2, 0) is 19.4 Å². The van der Waals surface area contributed by atoms with Crippen LogP contribution >= 0.6 is 45.5 Å². The van der Waals surface area contributed by atoms with Crippen LogP contribution in [-0.4, -0.2) is 2.78 Å². The summed E-state index contributed by atoms with van der Waals surface area (Å²) in [7, 11) is 0. The van der Waals surface area contributed by atoms with Crippen LogP contribution in [0.1, 0.15) is 39.2 Å². The number of pyridine rings is 1. The molecule has 0 aliphatic carbocycles. The van der Waals surface area contributed by atoms with E-state index in [2.05, 4.69) is 74.2 Å². The molecule has 0 N–H and O–H groups in total. The van der Waals surface area contributed by atoms with Crippen LogP contribution in [0.15, 0.2) is 12.1 Å². The summed E-state index contributed by atoms with van der Waals surface area (Å²) in [6, 6.07) is 4.42. The van der Waals surface area contributed by atoms with Crippen molar-refractivity contribution in [3.8, 4) is 0 Å². The Bertz CT molecular complexity index is 344. The summed E-state index contributed by atoms with van der Waals surface area (Å²) >= 11 is 6.26. The summed E-state index contributed by atoms with van der Waals surface area (Å²) in [5, 5.41) is 0. The van der Waals surface area contributed by atoms with Crippen molar-refractivity contribution in [1.82, 2.24) is 2.78 Å². The standard InChI is InChI=1S/C8H9I2N.C2H6.W/c1-6(2)7-3-4-8(9)11(10)5-7;1-2;/h3-4,6H,1-2H3;1-2H3;. The molecule has 0 bridgehead atoms. The number of nitrogens with zero attached hydrogens (tertiary/aromatic N) is 1. The molecular weight excluding hydrogens is 572 g/mol. The SMILES string of the molecule is CC.CC(C)c1ccc(I)n(I)[c]1=[W]. The first kappa shape index (κ1) is 15.3. The van der Waals surface area contributed by atoms with Crippen LogP contribution in [0.4, 0.5) is 0 Å². The van der Waals surface area contributed by atoms with Crippen molar-refractivity contribution in [3.63, 3.8) is 0 Å². The average Bonchev–Trinajstić information content (AvgIpc) is 2.17. The van der Waals surface area contributed by atoms with Crippen molar-refractivity contribution >= 4 is 45.5 Å². The Morgan fingerprint density at radius 3 is 2.21 bits per heavy atom. The molecule has 0 unspecified atom stereocenters. The van der Waals surface area contributed by atoms with Gasteiger partial charge in [0.15, 0.2) is 0 Å². The van der Waals surface area contributed by atoms with E-state index < -0.39 is 0 Å². The molecule has 1 heterocycles. The molecule has 0 radical (unpaired) electrons. The van der Waals surface area contributed by atoms with Gasteiger partial charge >= 0.3 is 112 Å². The average molecular weight is 587 g/mol. The zero-order valence-electron chi connectivity index (χ0n) is 8.84. The van der Waals surface area contributed by atoms with Gasteiger partial charge in [-0.25, -0.2) is 0 Å². The zero-order valence-corrected chi connectivity index (χ0v) is 16.1. The van der Waals surface area contributed by atoms with Gasteiger partial charge in [-0.1, -0.05) is 13.8 Å². The van der Waals surface area contributed by atoms with Gasteiger partial charge in [-0.15, -0.1) is 0 Å². The van der Waals surface area contributed by atoms with E-state index in [1.807, 2.05) is 13.8 Å². The van der Waals surface area contributed by atoms with E-state index in [1.54, 1.807) is 19.4 Å². The fourth-order valence-electron chi connectivity index (χ4n) is 0.945. The summed E-state index contributed by atoms with van der Waals surface area (Å²) in [6.45, 7) is 8.48. The van der Waals surface area contributed by atoms with Gasteiger partial charge in [-0.3, -0.25) is 0 Å². The zero-order chi connectivity index (χ0) is 11.3. The number of hydrogen-bond donors (Lipinski definition) is 0. The van der Waals surface area contributed by atoms with E-state index in [0.29, 0.717) is 5.92 Å². The molecular formula is C10H15I2NW. The van der Waals surface area contributed by atoms with Crippen LogP contribution in [0.25, 0.3) is 0 Å². The Balaban J connectivity index is 0.000000791. The Morgan fingerprint density at radius 1 is 1.29 bits per heavy atom. The van der Waals surface area contributed by atoms with Crippen molar-refractivity contribution < 1.29 is 19.4 Å². The van der Waals surface area contributed by atoms with Crippen LogP contribution in [0.5, 0.6) is 0 Å². The molecule has 1 rings (SSSR count). The van der Waals surface area contributed by atoms with E-state index in [-0.39, 0.29) is 0 Å². The van der Waals surface area contributed by atoms with Crippen molar-refractivity contribution in [2.75, 3.05) is 0 Å². The van der Waals surface area contributed by atoms with Crippen molar-refractivity contribution in [3.05, 3.63) is 25.1 Å². The van der Waals surface area contributed by atoms with Gasteiger partial charge in [-0.2, -0.15) is 0 Å². The van der Waals surface area contributed by atoms with Crippen molar-refractivity contribution in [1.29, 1.82) is 0 Å². The molecule has 0 saturated heterocycles. The molecule has 1 aromatic rings. The molecule has 14 heavy (non-hydrogen) atoms. The Labute approximate surface area is 125 Å². The van der Waals surface area contributed by atoms with E-state index >= 15 is 0 Å². The normalized spacial score (nSPS) is 9.64. The molecule has 1 nitrogen and oxygen atoms in total. The number of aromatic nitrogens is 1. The second-order valence-electron chi connectivity index (χ2n) is 2.85. The first-order valence-electron chi connectivity index (χ1n) is 4.61. The summed E-state index contributed by atoms with van der Waals surface area (Å²) < 4.78 is 4.98. The summed E-state index contributed by atoms with van der Waals surface area (Å²) in [5.74, 6) is 0.635. The van der Waals surface area contributed by atoms with Gasteiger partial charge in [-0.05, 0) is 0 Å². The topological polar surface area (TPSA) is 4.93 Å².